The van der Waals surface area contributed by atoms with Crippen molar-refractivity contribution in [3.8, 4) is 0 Å². The minimum atomic E-state index is -0.456. The number of carbonyl (C=O) groups excluding carboxylic acids is 1. The van der Waals surface area contributed by atoms with Crippen molar-refractivity contribution >= 4 is 21.8 Å². The molecule has 1 aromatic rings. The van der Waals surface area contributed by atoms with Crippen molar-refractivity contribution in [2.45, 2.75) is 6.54 Å². The molecule has 3 nitrogen and oxygen atoms in total. The van der Waals surface area contributed by atoms with Crippen molar-refractivity contribution in [3.63, 3.8) is 0 Å². The number of halogens is 2. The summed E-state index contributed by atoms with van der Waals surface area (Å²) in [5.74, 6) is -0.765. The highest BCUT2D eigenvalue weighted by Gasteiger charge is 2.02. The Morgan fingerprint density at radius 1 is 1.57 bits per heavy atom. The Hall–Kier alpha value is -0.940. The fraction of sp³-hybridized carbons (Fsp3) is 0.222. The average Bonchev–Trinajstić information content (AvgIpc) is 2.08. The van der Waals surface area contributed by atoms with Gasteiger partial charge in [-0.1, -0.05) is 22.0 Å². The Morgan fingerprint density at radius 3 is 2.86 bits per heavy atom. The molecule has 1 aromatic carbocycles. The Balaban J connectivity index is 2.55. The van der Waals surface area contributed by atoms with Crippen LogP contribution in [0.3, 0.4) is 0 Å². The fourth-order valence-electron chi connectivity index (χ4n) is 0.985. The van der Waals surface area contributed by atoms with Crippen LogP contribution in [0.1, 0.15) is 5.56 Å². The summed E-state index contributed by atoms with van der Waals surface area (Å²) in [6.45, 7) is 0.345. The van der Waals surface area contributed by atoms with Gasteiger partial charge in [-0.05, 0) is 12.1 Å². The molecule has 5 heteroatoms. The van der Waals surface area contributed by atoms with E-state index in [-0.39, 0.29) is 12.4 Å². The van der Waals surface area contributed by atoms with Gasteiger partial charge in [0, 0.05) is 16.6 Å². The number of hydrogen-bond acceptors (Lipinski definition) is 2. The van der Waals surface area contributed by atoms with Crippen LogP contribution in [0.25, 0.3) is 0 Å². The standard InChI is InChI=1S/C9H10BrFN2O/c10-7-2-1-6(8(11)3-7)4-13-5-9(12)14/h1-3,13H,4-5H2,(H2,12,14). The molecule has 0 aromatic heterocycles. The van der Waals surface area contributed by atoms with Crippen molar-refractivity contribution in [1.82, 2.24) is 5.32 Å². The fourth-order valence-corrected chi connectivity index (χ4v) is 1.32. The predicted octanol–water partition coefficient (Wildman–Crippen LogP) is 1.16. The van der Waals surface area contributed by atoms with E-state index in [4.69, 9.17) is 5.73 Å². The topological polar surface area (TPSA) is 55.1 Å². The lowest BCUT2D eigenvalue weighted by Gasteiger charge is -2.04. The minimum Gasteiger partial charge on any atom is -0.369 e. The predicted molar refractivity (Wildman–Crippen MR) is 55.0 cm³/mol. The van der Waals surface area contributed by atoms with Crippen LogP contribution in [0.5, 0.6) is 0 Å². The van der Waals surface area contributed by atoms with Gasteiger partial charge in [0.1, 0.15) is 5.82 Å². The van der Waals surface area contributed by atoms with Crippen molar-refractivity contribution in [2.24, 2.45) is 5.73 Å². The number of carbonyl (C=O) groups is 1. The number of amides is 1. The highest BCUT2D eigenvalue weighted by Crippen LogP contribution is 2.14. The number of rotatable bonds is 4. The zero-order valence-electron chi connectivity index (χ0n) is 7.39. The van der Waals surface area contributed by atoms with E-state index in [0.717, 1.165) is 0 Å². The third kappa shape index (κ3) is 3.43. The third-order valence-electron chi connectivity index (χ3n) is 1.63. The molecule has 14 heavy (non-hydrogen) atoms. The molecule has 0 fully saturated rings. The average molecular weight is 261 g/mol. The monoisotopic (exact) mass is 260 g/mol. The summed E-state index contributed by atoms with van der Waals surface area (Å²) in [5, 5.41) is 2.73. The van der Waals surface area contributed by atoms with Crippen LogP contribution in [0.15, 0.2) is 22.7 Å². The highest BCUT2D eigenvalue weighted by molar-refractivity contribution is 9.10. The molecule has 0 atom stereocenters. The summed E-state index contributed by atoms with van der Waals surface area (Å²) < 4.78 is 13.9. The molecule has 1 rings (SSSR count). The first-order chi connectivity index (χ1) is 6.59. The van der Waals surface area contributed by atoms with Crippen molar-refractivity contribution in [2.75, 3.05) is 6.54 Å². The van der Waals surface area contributed by atoms with Gasteiger partial charge in [0.25, 0.3) is 0 Å². The van der Waals surface area contributed by atoms with E-state index in [1.807, 2.05) is 0 Å². The smallest absolute Gasteiger partial charge is 0.231 e. The van der Waals surface area contributed by atoms with Gasteiger partial charge in [-0.2, -0.15) is 0 Å². The lowest BCUT2D eigenvalue weighted by atomic mass is 10.2. The zero-order chi connectivity index (χ0) is 10.6. The SMILES string of the molecule is NC(=O)CNCc1ccc(Br)cc1F. The van der Waals surface area contributed by atoms with Gasteiger partial charge in [0.2, 0.25) is 5.91 Å². The van der Waals surface area contributed by atoms with E-state index < -0.39 is 5.91 Å². The maximum atomic E-state index is 13.2. The number of hydrogen-bond donors (Lipinski definition) is 2. The van der Waals surface area contributed by atoms with Crippen LogP contribution < -0.4 is 11.1 Å². The van der Waals surface area contributed by atoms with Crippen LogP contribution in [-0.4, -0.2) is 12.5 Å². The molecule has 0 saturated carbocycles. The van der Waals surface area contributed by atoms with Crippen molar-refractivity contribution in [1.29, 1.82) is 0 Å². The summed E-state index contributed by atoms with van der Waals surface area (Å²) in [7, 11) is 0. The first kappa shape index (κ1) is 11.1. The van der Waals surface area contributed by atoms with Gasteiger partial charge in [0.15, 0.2) is 0 Å². The van der Waals surface area contributed by atoms with Crippen LogP contribution in [0.2, 0.25) is 0 Å². The molecule has 0 bridgehead atoms. The minimum absolute atomic E-state index is 0.0511. The number of nitrogens with two attached hydrogens (primary N) is 1. The largest absolute Gasteiger partial charge is 0.369 e. The Morgan fingerprint density at radius 2 is 2.29 bits per heavy atom. The van der Waals surface area contributed by atoms with Crippen LogP contribution >= 0.6 is 15.9 Å². The number of benzene rings is 1. The summed E-state index contributed by atoms with van der Waals surface area (Å²) in [6, 6.07) is 4.76. The molecule has 0 radical (unpaired) electrons. The van der Waals surface area contributed by atoms with Gasteiger partial charge >= 0.3 is 0 Å². The van der Waals surface area contributed by atoms with Gasteiger partial charge in [-0.3, -0.25) is 4.79 Å². The van der Waals surface area contributed by atoms with Gasteiger partial charge in [-0.25, -0.2) is 4.39 Å². The molecule has 0 spiro atoms. The first-order valence-electron chi connectivity index (χ1n) is 4.02. The highest BCUT2D eigenvalue weighted by atomic mass is 79.9. The van der Waals surface area contributed by atoms with E-state index >= 15 is 0 Å². The molecule has 1 amide bonds. The molecule has 0 aliphatic rings. The zero-order valence-corrected chi connectivity index (χ0v) is 8.97. The normalized spacial score (nSPS) is 10.1. The van der Waals surface area contributed by atoms with Gasteiger partial charge in [0.05, 0.1) is 6.54 Å². The summed E-state index contributed by atoms with van der Waals surface area (Å²) in [6.07, 6.45) is 0. The maximum absolute atomic E-state index is 13.2. The number of primary amides is 1. The second kappa shape index (κ2) is 5.07. The summed E-state index contributed by atoms with van der Waals surface area (Å²) in [4.78, 5) is 10.4. The second-order valence-electron chi connectivity index (χ2n) is 2.81. The lowest BCUT2D eigenvalue weighted by Crippen LogP contribution is -2.28. The summed E-state index contributed by atoms with van der Waals surface area (Å²) >= 11 is 3.15. The molecule has 0 saturated heterocycles. The number of nitrogens with one attached hydrogen (secondary N) is 1. The van der Waals surface area contributed by atoms with E-state index in [0.29, 0.717) is 16.6 Å². The van der Waals surface area contributed by atoms with Crippen LogP contribution in [0.4, 0.5) is 4.39 Å². The van der Waals surface area contributed by atoms with E-state index in [9.17, 15) is 9.18 Å². The molecular formula is C9H10BrFN2O. The van der Waals surface area contributed by atoms with Crippen LogP contribution in [-0.2, 0) is 11.3 Å². The quantitative estimate of drug-likeness (QED) is 0.854. The van der Waals surface area contributed by atoms with Crippen molar-refractivity contribution < 1.29 is 9.18 Å². The second-order valence-corrected chi connectivity index (χ2v) is 3.72. The van der Waals surface area contributed by atoms with Gasteiger partial charge < -0.3 is 11.1 Å². The third-order valence-corrected chi connectivity index (χ3v) is 2.12. The molecule has 0 heterocycles. The summed E-state index contributed by atoms with van der Waals surface area (Å²) in [5.41, 5.74) is 5.42. The van der Waals surface area contributed by atoms with Crippen molar-refractivity contribution in [3.05, 3.63) is 34.1 Å². The van der Waals surface area contributed by atoms with E-state index in [1.165, 1.54) is 6.07 Å². The molecule has 3 N–H and O–H groups in total. The molecule has 76 valence electrons. The molecule has 0 aliphatic carbocycles. The Bertz CT molecular complexity index is 344. The molecule has 0 aliphatic heterocycles. The maximum Gasteiger partial charge on any atom is 0.231 e. The van der Waals surface area contributed by atoms with E-state index in [1.54, 1.807) is 12.1 Å². The van der Waals surface area contributed by atoms with Crippen LogP contribution in [0, 0.1) is 5.82 Å². The first-order valence-corrected chi connectivity index (χ1v) is 4.82. The lowest BCUT2D eigenvalue weighted by molar-refractivity contribution is -0.117. The van der Waals surface area contributed by atoms with E-state index in [2.05, 4.69) is 21.2 Å². The van der Waals surface area contributed by atoms with Gasteiger partial charge in [-0.15, -0.1) is 0 Å². The molecular weight excluding hydrogens is 251 g/mol. The Labute approximate surface area is 89.6 Å². The molecule has 0 unspecified atom stereocenters. The Kier molecular flexibility index (Phi) is 4.03.